The molecule has 1 fully saturated rings. The second-order valence-electron chi connectivity index (χ2n) is 11.2. The SMILES string of the molecule is CCOC(=O)c1c(-c2ccccc2O)[nH]c(C=C2N=C(NC(C)=O)C(C(=O)OC3C(C)CC(C)CC3C)=C2C)c1C. The molecule has 1 saturated carbocycles. The van der Waals surface area contributed by atoms with Gasteiger partial charge in [0.1, 0.15) is 23.3 Å². The Balaban J connectivity index is 1.77. The molecule has 2 heterocycles. The maximum atomic E-state index is 13.6. The topological polar surface area (TPSA) is 130 Å². The molecule has 9 nitrogen and oxygen atoms in total. The molecule has 9 heteroatoms. The van der Waals surface area contributed by atoms with Crippen LogP contribution in [0.3, 0.4) is 0 Å². The molecule has 1 aliphatic heterocycles. The molecule has 0 spiro atoms. The maximum Gasteiger partial charge on any atom is 0.342 e. The van der Waals surface area contributed by atoms with Crippen molar-refractivity contribution in [2.75, 3.05) is 6.61 Å². The van der Waals surface area contributed by atoms with Gasteiger partial charge in [-0.05, 0) is 80.7 Å². The normalized spacial score (nSPS) is 23.4. The Morgan fingerprint density at radius 1 is 1.10 bits per heavy atom. The number of esters is 2. The number of aromatic amines is 1. The number of nitrogens with one attached hydrogen (secondary N) is 2. The molecule has 3 N–H and O–H groups in total. The van der Waals surface area contributed by atoms with Crippen LogP contribution in [-0.4, -0.2) is 46.5 Å². The van der Waals surface area contributed by atoms with Gasteiger partial charge in [-0.2, -0.15) is 0 Å². The number of phenols is 1. The molecule has 2 atom stereocenters. The summed E-state index contributed by atoms with van der Waals surface area (Å²) < 4.78 is 11.4. The molecule has 4 rings (SSSR count). The lowest BCUT2D eigenvalue weighted by Crippen LogP contribution is -2.39. The van der Waals surface area contributed by atoms with Crippen molar-refractivity contribution >= 4 is 29.8 Å². The summed E-state index contributed by atoms with van der Waals surface area (Å²) >= 11 is 0. The first-order chi connectivity index (χ1) is 19.4. The van der Waals surface area contributed by atoms with Crippen molar-refractivity contribution in [3.05, 3.63) is 57.9 Å². The molecular formula is C32H39N3O6. The second-order valence-corrected chi connectivity index (χ2v) is 11.2. The summed E-state index contributed by atoms with van der Waals surface area (Å²) in [7, 11) is 0. The Morgan fingerprint density at radius 2 is 1.76 bits per heavy atom. The molecule has 1 aromatic heterocycles. The van der Waals surface area contributed by atoms with Crippen LogP contribution < -0.4 is 5.32 Å². The number of H-pyrrole nitrogens is 1. The number of amides is 1. The number of nitrogens with zero attached hydrogens (tertiary/aromatic N) is 1. The predicted octanol–water partition coefficient (Wildman–Crippen LogP) is 5.69. The van der Waals surface area contributed by atoms with Crippen LogP contribution >= 0.6 is 0 Å². The van der Waals surface area contributed by atoms with Gasteiger partial charge in [0.05, 0.1) is 23.6 Å². The molecule has 1 aliphatic carbocycles. The second kappa shape index (κ2) is 12.2. The summed E-state index contributed by atoms with van der Waals surface area (Å²) in [5, 5.41) is 13.2. The van der Waals surface area contributed by atoms with E-state index in [2.05, 4.69) is 36.1 Å². The number of phenolic OH excluding ortho intramolecular Hbond substituents is 1. The minimum atomic E-state index is -0.528. The van der Waals surface area contributed by atoms with Crippen molar-refractivity contribution in [2.24, 2.45) is 22.7 Å². The molecular weight excluding hydrogens is 522 g/mol. The summed E-state index contributed by atoms with van der Waals surface area (Å²) in [4.78, 5) is 46.4. The number of allylic oxidation sites excluding steroid dienone is 1. The fourth-order valence-electron chi connectivity index (χ4n) is 6.06. The Kier molecular flexibility index (Phi) is 8.85. The van der Waals surface area contributed by atoms with Gasteiger partial charge >= 0.3 is 11.9 Å². The number of aliphatic imine (C=N–C) groups is 1. The number of rotatable bonds is 6. The molecule has 0 bridgehead atoms. The molecule has 2 aliphatic rings. The van der Waals surface area contributed by atoms with Gasteiger partial charge < -0.3 is 24.9 Å². The van der Waals surface area contributed by atoms with Crippen LogP contribution in [0.2, 0.25) is 0 Å². The highest BCUT2D eigenvalue weighted by Gasteiger charge is 2.37. The third-order valence-corrected chi connectivity index (χ3v) is 7.86. The van der Waals surface area contributed by atoms with Crippen LogP contribution in [0.25, 0.3) is 17.3 Å². The molecule has 2 aromatic rings. The van der Waals surface area contributed by atoms with E-state index in [1.54, 1.807) is 51.1 Å². The lowest BCUT2D eigenvalue weighted by Gasteiger charge is -2.37. The summed E-state index contributed by atoms with van der Waals surface area (Å²) in [5.74, 6) is -0.280. The van der Waals surface area contributed by atoms with Gasteiger partial charge in [-0.3, -0.25) is 4.79 Å². The fraction of sp³-hybridized carbons (Fsp3) is 0.438. The zero-order valence-electron chi connectivity index (χ0n) is 24.8. The maximum absolute atomic E-state index is 13.6. The van der Waals surface area contributed by atoms with E-state index in [9.17, 15) is 19.5 Å². The zero-order valence-corrected chi connectivity index (χ0v) is 24.8. The third kappa shape index (κ3) is 6.14. The van der Waals surface area contributed by atoms with E-state index in [1.165, 1.54) is 6.92 Å². The lowest BCUT2D eigenvalue weighted by atomic mass is 9.75. The Labute approximate surface area is 240 Å². The number of hydrogen-bond donors (Lipinski definition) is 3. The van der Waals surface area contributed by atoms with Gasteiger partial charge in [0.2, 0.25) is 5.91 Å². The van der Waals surface area contributed by atoms with Gasteiger partial charge in [0.15, 0.2) is 0 Å². The van der Waals surface area contributed by atoms with E-state index in [-0.39, 0.29) is 47.6 Å². The van der Waals surface area contributed by atoms with Crippen molar-refractivity contribution in [2.45, 2.75) is 67.4 Å². The Hall–Kier alpha value is -4.14. The summed E-state index contributed by atoms with van der Waals surface area (Å²) in [6.45, 7) is 13.2. The Bertz CT molecular complexity index is 1450. The summed E-state index contributed by atoms with van der Waals surface area (Å²) in [6.07, 6.45) is 3.44. The largest absolute Gasteiger partial charge is 0.507 e. The van der Waals surface area contributed by atoms with Gasteiger partial charge in [0, 0.05) is 18.2 Å². The minimum Gasteiger partial charge on any atom is -0.507 e. The molecule has 2 unspecified atom stereocenters. The molecule has 1 amide bonds. The lowest BCUT2D eigenvalue weighted by molar-refractivity contribution is -0.152. The van der Waals surface area contributed by atoms with Gasteiger partial charge in [0.25, 0.3) is 0 Å². The number of para-hydroxylation sites is 1. The number of carbonyl (C=O) groups excluding carboxylic acids is 3. The van der Waals surface area contributed by atoms with Crippen molar-refractivity contribution in [3.63, 3.8) is 0 Å². The van der Waals surface area contributed by atoms with Gasteiger partial charge in [-0.1, -0.05) is 32.9 Å². The van der Waals surface area contributed by atoms with Crippen LogP contribution in [0.15, 0.2) is 46.1 Å². The molecule has 0 radical (unpaired) electrons. The number of ether oxygens (including phenoxy) is 2. The molecule has 218 valence electrons. The molecule has 1 aromatic carbocycles. The van der Waals surface area contributed by atoms with E-state index in [0.29, 0.717) is 45.3 Å². The van der Waals surface area contributed by atoms with E-state index in [1.807, 2.05) is 0 Å². The minimum absolute atomic E-state index is 0.00649. The van der Waals surface area contributed by atoms with Gasteiger partial charge in [-0.25, -0.2) is 14.6 Å². The number of amidine groups is 1. The third-order valence-electron chi connectivity index (χ3n) is 7.86. The average Bonchev–Trinajstić information content (AvgIpc) is 3.37. The number of aromatic hydroxyl groups is 1. The number of hydrogen-bond acceptors (Lipinski definition) is 7. The monoisotopic (exact) mass is 561 g/mol. The van der Waals surface area contributed by atoms with E-state index in [0.717, 1.165) is 12.8 Å². The summed E-state index contributed by atoms with van der Waals surface area (Å²) in [5.41, 5.74) is 3.46. The summed E-state index contributed by atoms with van der Waals surface area (Å²) in [6, 6.07) is 6.70. The smallest absolute Gasteiger partial charge is 0.342 e. The van der Waals surface area contributed by atoms with Crippen LogP contribution in [0.5, 0.6) is 5.75 Å². The number of aromatic nitrogens is 1. The highest BCUT2D eigenvalue weighted by molar-refractivity contribution is 6.25. The zero-order chi connectivity index (χ0) is 30.0. The van der Waals surface area contributed by atoms with Crippen LogP contribution in [0, 0.1) is 24.7 Å². The van der Waals surface area contributed by atoms with Crippen molar-refractivity contribution in [3.8, 4) is 17.0 Å². The average molecular weight is 562 g/mol. The number of carbonyl (C=O) groups is 3. The standard InChI is InChI=1S/C32H39N3O6/c1-8-40-31(38)26-19(5)23(34-28(26)22-11-9-10-12-25(22)37)15-24-20(6)27(30(35-24)33-21(7)36)32(39)41-29-17(3)13-16(2)14-18(29)4/h9-12,15-18,29,34,37H,8,13-14H2,1-7H3,(H,33,35,36). The van der Waals surface area contributed by atoms with E-state index in [4.69, 9.17) is 9.47 Å². The van der Waals surface area contributed by atoms with Crippen LogP contribution in [-0.2, 0) is 19.1 Å². The van der Waals surface area contributed by atoms with Crippen LogP contribution in [0.4, 0.5) is 0 Å². The highest BCUT2D eigenvalue weighted by Crippen LogP contribution is 2.38. The van der Waals surface area contributed by atoms with Gasteiger partial charge in [-0.15, -0.1) is 0 Å². The van der Waals surface area contributed by atoms with E-state index >= 15 is 0 Å². The first-order valence-electron chi connectivity index (χ1n) is 14.1. The van der Waals surface area contributed by atoms with Crippen molar-refractivity contribution < 1.29 is 29.0 Å². The van der Waals surface area contributed by atoms with E-state index < -0.39 is 11.9 Å². The number of benzene rings is 1. The fourth-order valence-corrected chi connectivity index (χ4v) is 6.06. The van der Waals surface area contributed by atoms with Crippen molar-refractivity contribution in [1.82, 2.24) is 10.3 Å². The van der Waals surface area contributed by atoms with Crippen LogP contribution in [0.1, 0.15) is 76.0 Å². The Morgan fingerprint density at radius 3 is 2.37 bits per heavy atom. The first kappa shape index (κ1) is 29.8. The predicted molar refractivity (Wildman–Crippen MR) is 157 cm³/mol. The first-order valence-corrected chi connectivity index (χ1v) is 14.1. The molecule has 41 heavy (non-hydrogen) atoms. The quantitative estimate of drug-likeness (QED) is 0.389. The van der Waals surface area contributed by atoms with Crippen molar-refractivity contribution in [1.29, 1.82) is 0 Å². The molecule has 0 saturated heterocycles. The highest BCUT2D eigenvalue weighted by atomic mass is 16.5.